The lowest BCUT2D eigenvalue weighted by molar-refractivity contribution is -0.113. The molecule has 0 saturated heterocycles. The number of hydrogen-bond donors (Lipinski definition) is 2. The van der Waals surface area contributed by atoms with Crippen LogP contribution in [-0.2, 0) is 24.1 Å². The number of halogens is 1. The Morgan fingerprint density at radius 2 is 2.04 bits per heavy atom. The van der Waals surface area contributed by atoms with Gasteiger partial charge in [0, 0.05) is 0 Å². The van der Waals surface area contributed by atoms with E-state index in [9.17, 15) is 17.6 Å². The molecule has 0 aliphatic carbocycles. The van der Waals surface area contributed by atoms with Crippen molar-refractivity contribution in [2.45, 2.75) is 0 Å². The molecule has 0 radical (unpaired) electrons. The second kappa shape index (κ2) is 8.66. The minimum Gasteiger partial charge on any atom is -0.437 e. The van der Waals surface area contributed by atoms with Crippen LogP contribution in [0.15, 0.2) is 35.7 Å². The number of ether oxygens (including phenoxy) is 1. The number of oxime groups is 1. The normalized spacial score (nSPS) is 11.7. The number of aromatic nitrogens is 2. The average Bonchev–Trinajstić information content (AvgIpc) is 2.64. The van der Waals surface area contributed by atoms with E-state index in [0.717, 1.165) is 20.5 Å². The summed E-state index contributed by atoms with van der Waals surface area (Å²) in [5, 5.41) is 3.52. The van der Waals surface area contributed by atoms with E-state index in [1.165, 1.54) is 18.2 Å². The molecule has 0 aliphatic heterocycles. The Bertz CT molecular complexity index is 1040. The first-order valence-electron chi connectivity index (χ1n) is 7.03. The smallest absolute Gasteiger partial charge is 0.362 e. The molecule has 0 bridgehead atoms. The van der Waals surface area contributed by atoms with Gasteiger partial charge in [-0.15, -0.1) is 0 Å². The molecule has 1 amide bonds. The van der Waals surface area contributed by atoms with Crippen molar-refractivity contribution < 1.29 is 31.4 Å². The molecule has 0 aliphatic rings. The fourth-order valence-corrected chi connectivity index (χ4v) is 2.36. The lowest BCUT2D eigenvalue weighted by Gasteiger charge is -2.12. The molecule has 2 rings (SSSR count). The summed E-state index contributed by atoms with van der Waals surface area (Å²) >= 11 is 4.72. The van der Waals surface area contributed by atoms with Gasteiger partial charge < -0.3 is 14.6 Å². The van der Waals surface area contributed by atoms with Gasteiger partial charge in [0.05, 0.1) is 19.0 Å². The Morgan fingerprint density at radius 1 is 1.33 bits per heavy atom. The number of H-pyrrole nitrogens is 1. The highest BCUT2D eigenvalue weighted by molar-refractivity contribution is 7.85. The number of carbonyl (C=O) groups is 1. The van der Waals surface area contributed by atoms with Crippen LogP contribution in [0.3, 0.4) is 0 Å². The zero-order chi connectivity index (χ0) is 20.0. The second-order valence-electron chi connectivity index (χ2n) is 4.62. The van der Waals surface area contributed by atoms with Gasteiger partial charge in [-0.2, -0.15) is 12.8 Å². The van der Waals surface area contributed by atoms with Crippen LogP contribution >= 0.6 is 12.2 Å². The summed E-state index contributed by atoms with van der Waals surface area (Å²) in [6, 6.07) is 5.85. The molecular formula is C14H13FN4O6S2. The maximum absolute atomic E-state index is 14.0. The van der Waals surface area contributed by atoms with Crippen molar-refractivity contribution in [1.82, 2.24) is 14.7 Å². The van der Waals surface area contributed by atoms with E-state index < -0.39 is 27.7 Å². The van der Waals surface area contributed by atoms with Crippen LogP contribution in [0.1, 0.15) is 5.56 Å². The average molecular weight is 416 g/mol. The van der Waals surface area contributed by atoms with Crippen LogP contribution in [0.25, 0.3) is 0 Å². The Hall–Kier alpha value is -2.90. The third kappa shape index (κ3) is 5.06. The van der Waals surface area contributed by atoms with E-state index >= 15 is 0 Å². The van der Waals surface area contributed by atoms with Gasteiger partial charge in [-0.3, -0.25) is 8.98 Å². The summed E-state index contributed by atoms with van der Waals surface area (Å²) in [4.78, 5) is 22.9. The maximum atomic E-state index is 14.0. The standard InChI is InChI=1S/C14H13FN4O6S2/c1-23-18-11(12(20)19-27(21,22)24-2)8-5-3-4-6-9(8)25-13-10(15)14(26)17-7-16-13/h3-7H,1-2H3,(H,19,20)(H,16,17,26)/b18-11+. The van der Waals surface area contributed by atoms with Crippen molar-refractivity contribution in [2.24, 2.45) is 5.16 Å². The number of nitrogens with zero attached hydrogens (tertiary/aromatic N) is 2. The van der Waals surface area contributed by atoms with Crippen molar-refractivity contribution in [1.29, 1.82) is 0 Å². The molecule has 0 atom stereocenters. The highest BCUT2D eigenvalue weighted by Gasteiger charge is 2.24. The minimum absolute atomic E-state index is 0.0127. The van der Waals surface area contributed by atoms with Crippen LogP contribution in [0.4, 0.5) is 4.39 Å². The molecule has 144 valence electrons. The summed E-state index contributed by atoms with van der Waals surface area (Å²) in [5.41, 5.74) is -0.444. The molecule has 10 nitrogen and oxygen atoms in total. The summed E-state index contributed by atoms with van der Waals surface area (Å²) in [6.07, 6.45) is 1.13. The Kier molecular flexibility index (Phi) is 6.55. The predicted molar refractivity (Wildman–Crippen MR) is 93.5 cm³/mol. The molecule has 1 heterocycles. The zero-order valence-electron chi connectivity index (χ0n) is 13.9. The van der Waals surface area contributed by atoms with Crippen LogP contribution < -0.4 is 9.46 Å². The molecule has 2 aromatic rings. The number of benzene rings is 1. The number of nitrogens with one attached hydrogen (secondary N) is 2. The molecule has 27 heavy (non-hydrogen) atoms. The summed E-state index contributed by atoms with van der Waals surface area (Å²) in [7, 11) is -2.32. The van der Waals surface area contributed by atoms with Crippen molar-refractivity contribution in [3.8, 4) is 11.6 Å². The number of para-hydroxylation sites is 1. The Balaban J connectivity index is 2.47. The van der Waals surface area contributed by atoms with Gasteiger partial charge in [-0.1, -0.05) is 29.5 Å². The topological polar surface area (TPSA) is 132 Å². The van der Waals surface area contributed by atoms with Gasteiger partial charge in [-0.25, -0.2) is 9.71 Å². The first-order valence-corrected chi connectivity index (χ1v) is 8.85. The van der Waals surface area contributed by atoms with E-state index in [1.807, 2.05) is 0 Å². The first kappa shape index (κ1) is 20.4. The van der Waals surface area contributed by atoms with Crippen LogP contribution in [-0.4, -0.2) is 44.2 Å². The fraction of sp³-hybridized carbons (Fsp3) is 0.143. The zero-order valence-corrected chi connectivity index (χ0v) is 15.6. The highest BCUT2D eigenvalue weighted by atomic mass is 32.2. The lowest BCUT2D eigenvalue weighted by Crippen LogP contribution is -2.37. The summed E-state index contributed by atoms with van der Waals surface area (Å²) in [6.45, 7) is 0. The molecule has 0 spiro atoms. The molecule has 0 fully saturated rings. The second-order valence-corrected chi connectivity index (χ2v) is 6.46. The third-order valence-electron chi connectivity index (χ3n) is 2.95. The van der Waals surface area contributed by atoms with Gasteiger partial charge in [-0.05, 0) is 12.1 Å². The third-order valence-corrected chi connectivity index (χ3v) is 4.11. The number of carbonyl (C=O) groups excluding carboxylic acids is 1. The number of aromatic amines is 1. The van der Waals surface area contributed by atoms with E-state index in [4.69, 9.17) is 17.0 Å². The molecule has 0 unspecified atom stereocenters. The minimum atomic E-state index is -4.34. The van der Waals surface area contributed by atoms with Crippen molar-refractivity contribution in [3.63, 3.8) is 0 Å². The van der Waals surface area contributed by atoms with Crippen LogP contribution in [0, 0.1) is 10.5 Å². The SMILES string of the molecule is CO/N=C(/C(=O)NS(=O)(=O)OC)c1ccccc1Oc1[nH]cnc(=S)c1F. The van der Waals surface area contributed by atoms with Crippen LogP contribution in [0.2, 0.25) is 0 Å². The van der Waals surface area contributed by atoms with Crippen molar-refractivity contribution in [2.75, 3.05) is 14.2 Å². The molecule has 1 aromatic carbocycles. The van der Waals surface area contributed by atoms with Crippen LogP contribution in [0.5, 0.6) is 11.6 Å². The molecule has 1 aromatic heterocycles. The highest BCUT2D eigenvalue weighted by Crippen LogP contribution is 2.26. The predicted octanol–water partition coefficient (Wildman–Crippen LogP) is 1.43. The molecule has 2 N–H and O–H groups in total. The van der Waals surface area contributed by atoms with Gasteiger partial charge in [0.25, 0.3) is 5.91 Å². The van der Waals surface area contributed by atoms with E-state index in [0.29, 0.717) is 0 Å². The van der Waals surface area contributed by atoms with E-state index in [2.05, 4.69) is 24.1 Å². The van der Waals surface area contributed by atoms with Gasteiger partial charge in [0.1, 0.15) is 12.9 Å². The Morgan fingerprint density at radius 3 is 2.70 bits per heavy atom. The maximum Gasteiger partial charge on any atom is 0.362 e. The number of hydrogen-bond acceptors (Lipinski definition) is 9. The number of rotatable bonds is 7. The van der Waals surface area contributed by atoms with Gasteiger partial charge >= 0.3 is 10.3 Å². The van der Waals surface area contributed by atoms with E-state index in [1.54, 1.807) is 10.8 Å². The largest absolute Gasteiger partial charge is 0.437 e. The van der Waals surface area contributed by atoms with Gasteiger partial charge in [0.2, 0.25) is 11.7 Å². The fourth-order valence-electron chi connectivity index (χ4n) is 1.81. The monoisotopic (exact) mass is 416 g/mol. The van der Waals surface area contributed by atoms with Crippen molar-refractivity contribution in [3.05, 3.63) is 46.6 Å². The van der Waals surface area contributed by atoms with Crippen molar-refractivity contribution >= 4 is 34.1 Å². The molecule has 13 heteroatoms. The quantitative estimate of drug-likeness (QED) is 0.394. The summed E-state index contributed by atoms with van der Waals surface area (Å²) < 4.78 is 47.9. The Labute approximate surface area is 158 Å². The number of amides is 1. The van der Waals surface area contributed by atoms with Gasteiger partial charge in [0.15, 0.2) is 10.4 Å². The summed E-state index contributed by atoms with van der Waals surface area (Å²) in [5.74, 6) is -2.46. The first-order chi connectivity index (χ1) is 12.8. The molecular weight excluding hydrogens is 403 g/mol. The lowest BCUT2D eigenvalue weighted by atomic mass is 10.1. The van der Waals surface area contributed by atoms with E-state index in [-0.39, 0.29) is 21.8 Å². The molecule has 0 saturated carbocycles.